The van der Waals surface area contributed by atoms with E-state index >= 15 is 0 Å². The van der Waals surface area contributed by atoms with E-state index in [1.807, 2.05) is 5.32 Å². The quantitative estimate of drug-likeness (QED) is 0.142. The molecule has 0 bridgehead atoms. The van der Waals surface area contributed by atoms with E-state index in [0.717, 1.165) is 6.42 Å². The lowest BCUT2D eigenvalue weighted by molar-refractivity contribution is -0.147. The zero-order valence-electron chi connectivity index (χ0n) is 17.2. The van der Waals surface area contributed by atoms with Crippen molar-refractivity contribution in [2.45, 2.75) is 62.7 Å². The van der Waals surface area contributed by atoms with Crippen molar-refractivity contribution in [2.75, 3.05) is 19.7 Å². The second kappa shape index (κ2) is 12.8. The van der Waals surface area contributed by atoms with Gasteiger partial charge in [0.1, 0.15) is 18.1 Å². The SMILES string of the molecule is NCCCCC(N)C(=O)N1CCCC1C(=O)NC(CO)C(=O)NC(CC(=O)O)C(=O)O. The van der Waals surface area contributed by atoms with Crippen molar-refractivity contribution in [2.24, 2.45) is 11.5 Å². The molecule has 13 heteroatoms. The summed E-state index contributed by atoms with van der Waals surface area (Å²) in [6.45, 7) is -0.0527. The van der Waals surface area contributed by atoms with Crippen molar-refractivity contribution in [1.29, 1.82) is 0 Å². The number of unbranched alkanes of at least 4 members (excludes halogenated alkanes) is 1. The van der Waals surface area contributed by atoms with Crippen LogP contribution in [0.25, 0.3) is 0 Å². The second-order valence-corrected chi connectivity index (χ2v) is 7.32. The van der Waals surface area contributed by atoms with Gasteiger partial charge in [-0.1, -0.05) is 6.42 Å². The van der Waals surface area contributed by atoms with Crippen LogP contribution in [0, 0.1) is 0 Å². The monoisotopic (exact) mass is 445 g/mol. The molecule has 0 spiro atoms. The second-order valence-electron chi connectivity index (χ2n) is 7.32. The minimum atomic E-state index is -1.73. The highest BCUT2D eigenvalue weighted by Crippen LogP contribution is 2.19. The van der Waals surface area contributed by atoms with E-state index in [0.29, 0.717) is 38.8 Å². The molecule has 1 heterocycles. The highest BCUT2D eigenvalue weighted by molar-refractivity contribution is 5.95. The van der Waals surface area contributed by atoms with E-state index in [1.54, 1.807) is 0 Å². The van der Waals surface area contributed by atoms with E-state index in [2.05, 4.69) is 5.32 Å². The molecule has 0 aromatic carbocycles. The third-order valence-corrected chi connectivity index (χ3v) is 4.93. The van der Waals surface area contributed by atoms with Gasteiger partial charge in [-0.2, -0.15) is 0 Å². The normalized spacial score (nSPS) is 18.7. The average molecular weight is 445 g/mol. The van der Waals surface area contributed by atoms with Crippen molar-refractivity contribution >= 4 is 29.7 Å². The van der Waals surface area contributed by atoms with Gasteiger partial charge in [-0.3, -0.25) is 19.2 Å². The fourth-order valence-electron chi connectivity index (χ4n) is 3.26. The van der Waals surface area contributed by atoms with Crippen molar-refractivity contribution < 1.29 is 39.3 Å². The molecular formula is C18H31N5O8. The Morgan fingerprint density at radius 1 is 1.06 bits per heavy atom. The first-order valence-corrected chi connectivity index (χ1v) is 10.0. The summed E-state index contributed by atoms with van der Waals surface area (Å²) in [5.41, 5.74) is 11.4. The van der Waals surface area contributed by atoms with Gasteiger partial charge in [-0.25, -0.2) is 4.79 Å². The van der Waals surface area contributed by atoms with Gasteiger partial charge < -0.3 is 42.3 Å². The van der Waals surface area contributed by atoms with Gasteiger partial charge in [0, 0.05) is 6.54 Å². The smallest absolute Gasteiger partial charge is 0.326 e. The van der Waals surface area contributed by atoms with E-state index < -0.39 is 66.9 Å². The molecular weight excluding hydrogens is 414 g/mol. The van der Waals surface area contributed by atoms with Crippen molar-refractivity contribution in [3.8, 4) is 0 Å². The summed E-state index contributed by atoms with van der Waals surface area (Å²) in [5, 5.41) is 31.5. The summed E-state index contributed by atoms with van der Waals surface area (Å²) in [4.78, 5) is 60.7. The fourth-order valence-corrected chi connectivity index (χ4v) is 3.26. The Hall–Kier alpha value is -2.77. The van der Waals surface area contributed by atoms with Gasteiger partial charge in [-0.05, 0) is 32.2 Å². The van der Waals surface area contributed by atoms with Crippen LogP contribution < -0.4 is 22.1 Å². The molecule has 0 saturated carbocycles. The van der Waals surface area contributed by atoms with Gasteiger partial charge in [0.05, 0.1) is 19.1 Å². The highest BCUT2D eigenvalue weighted by Gasteiger charge is 2.37. The Labute approximate surface area is 179 Å². The summed E-state index contributed by atoms with van der Waals surface area (Å²) in [6, 6.07) is -4.92. The fraction of sp³-hybridized carbons (Fsp3) is 0.722. The highest BCUT2D eigenvalue weighted by atomic mass is 16.4. The average Bonchev–Trinajstić information content (AvgIpc) is 3.20. The van der Waals surface area contributed by atoms with Gasteiger partial charge in [0.15, 0.2) is 0 Å². The number of rotatable bonds is 13. The summed E-state index contributed by atoms with van der Waals surface area (Å²) in [6.07, 6.45) is 1.82. The maximum Gasteiger partial charge on any atom is 0.326 e. The van der Waals surface area contributed by atoms with Crippen LogP contribution >= 0.6 is 0 Å². The van der Waals surface area contributed by atoms with Crippen LogP contribution in [0.15, 0.2) is 0 Å². The Balaban J connectivity index is 2.74. The molecule has 0 radical (unpaired) electrons. The molecule has 1 fully saturated rings. The molecule has 0 aliphatic carbocycles. The zero-order valence-corrected chi connectivity index (χ0v) is 17.2. The number of carbonyl (C=O) groups is 5. The largest absolute Gasteiger partial charge is 0.481 e. The predicted molar refractivity (Wildman–Crippen MR) is 106 cm³/mol. The molecule has 0 aromatic heterocycles. The number of carbonyl (C=O) groups excluding carboxylic acids is 3. The maximum absolute atomic E-state index is 12.7. The lowest BCUT2D eigenvalue weighted by Gasteiger charge is -2.28. The van der Waals surface area contributed by atoms with Gasteiger partial charge >= 0.3 is 11.9 Å². The molecule has 1 saturated heterocycles. The standard InChI is InChI=1S/C18H31N5O8/c19-6-2-1-4-10(20)17(29)23-7-3-5-13(23)16(28)22-12(9-24)15(27)21-11(18(30)31)8-14(25)26/h10-13,24H,1-9,19-20H2,(H,21,27)(H,22,28)(H,25,26)(H,30,31). The summed E-state index contributed by atoms with van der Waals surface area (Å²) in [5.74, 6) is -5.17. The van der Waals surface area contributed by atoms with Gasteiger partial charge in [-0.15, -0.1) is 0 Å². The molecule has 1 rings (SSSR count). The van der Waals surface area contributed by atoms with Crippen molar-refractivity contribution in [3.05, 3.63) is 0 Å². The predicted octanol–water partition coefficient (Wildman–Crippen LogP) is -3.05. The van der Waals surface area contributed by atoms with E-state index in [4.69, 9.17) is 21.7 Å². The Morgan fingerprint density at radius 2 is 1.74 bits per heavy atom. The minimum absolute atomic E-state index is 0.317. The van der Waals surface area contributed by atoms with Crippen LogP contribution in [0.2, 0.25) is 0 Å². The number of nitrogens with two attached hydrogens (primary N) is 2. The number of hydrogen-bond acceptors (Lipinski definition) is 8. The lowest BCUT2D eigenvalue weighted by Crippen LogP contribution is -2.57. The number of hydrogen-bond donors (Lipinski definition) is 7. The molecule has 4 atom stereocenters. The summed E-state index contributed by atoms with van der Waals surface area (Å²) >= 11 is 0. The molecule has 176 valence electrons. The van der Waals surface area contributed by atoms with Crippen LogP contribution in [0.4, 0.5) is 0 Å². The Bertz CT molecular complexity index is 673. The number of nitrogens with one attached hydrogen (secondary N) is 2. The number of aliphatic hydroxyl groups excluding tert-OH is 1. The number of carboxylic acids is 2. The van der Waals surface area contributed by atoms with Crippen LogP contribution in [0.3, 0.4) is 0 Å². The summed E-state index contributed by atoms with van der Waals surface area (Å²) < 4.78 is 0. The third kappa shape index (κ3) is 8.11. The Morgan fingerprint density at radius 3 is 2.29 bits per heavy atom. The minimum Gasteiger partial charge on any atom is -0.481 e. The lowest BCUT2D eigenvalue weighted by atomic mass is 10.1. The molecule has 9 N–H and O–H groups in total. The molecule has 4 unspecified atom stereocenters. The van der Waals surface area contributed by atoms with Crippen LogP contribution in [-0.4, -0.2) is 93.7 Å². The Kier molecular flexibility index (Phi) is 10.9. The molecule has 3 amide bonds. The first-order chi connectivity index (χ1) is 14.6. The topological polar surface area (TPSA) is 225 Å². The van der Waals surface area contributed by atoms with Crippen molar-refractivity contribution in [3.63, 3.8) is 0 Å². The number of carboxylic acid groups (broad SMARTS) is 2. The van der Waals surface area contributed by atoms with Gasteiger partial charge in [0.25, 0.3) is 0 Å². The van der Waals surface area contributed by atoms with Gasteiger partial charge in [0.2, 0.25) is 17.7 Å². The van der Waals surface area contributed by atoms with Crippen molar-refractivity contribution in [1.82, 2.24) is 15.5 Å². The molecule has 31 heavy (non-hydrogen) atoms. The molecule has 0 aromatic rings. The third-order valence-electron chi connectivity index (χ3n) is 4.93. The summed E-state index contributed by atoms with van der Waals surface area (Å²) in [7, 11) is 0. The zero-order chi connectivity index (χ0) is 23.6. The first-order valence-electron chi connectivity index (χ1n) is 10.0. The molecule has 1 aliphatic rings. The molecule has 1 aliphatic heterocycles. The number of aliphatic hydroxyl groups is 1. The number of nitrogens with zero attached hydrogens (tertiary/aromatic N) is 1. The number of aliphatic carboxylic acids is 2. The van der Waals surface area contributed by atoms with Crippen LogP contribution in [-0.2, 0) is 24.0 Å². The van der Waals surface area contributed by atoms with Crippen LogP contribution in [0.5, 0.6) is 0 Å². The van der Waals surface area contributed by atoms with E-state index in [9.17, 15) is 29.1 Å². The number of likely N-dealkylation sites (tertiary alicyclic amines) is 1. The maximum atomic E-state index is 12.7. The van der Waals surface area contributed by atoms with E-state index in [1.165, 1.54) is 4.90 Å². The molecule has 13 nitrogen and oxygen atoms in total. The number of amides is 3. The van der Waals surface area contributed by atoms with E-state index in [-0.39, 0.29) is 0 Å². The van der Waals surface area contributed by atoms with Crippen LogP contribution in [0.1, 0.15) is 38.5 Å². The first kappa shape index (κ1) is 26.3.